The first-order valence-corrected chi connectivity index (χ1v) is 6.94. The molecule has 3 nitrogen and oxygen atoms in total. The van der Waals surface area contributed by atoms with E-state index in [-0.39, 0.29) is 6.61 Å². The van der Waals surface area contributed by atoms with Crippen LogP contribution in [0.5, 0.6) is 0 Å². The van der Waals surface area contributed by atoms with Crippen LogP contribution in [-0.2, 0) is 5.41 Å². The van der Waals surface area contributed by atoms with Gasteiger partial charge in [0.1, 0.15) is 5.82 Å². The van der Waals surface area contributed by atoms with E-state index in [4.69, 9.17) is 0 Å². The quantitative estimate of drug-likeness (QED) is 0.941. The molecule has 0 aliphatic heterocycles. The molecule has 0 fully saturated rings. The van der Waals surface area contributed by atoms with Gasteiger partial charge in [0, 0.05) is 21.6 Å². The number of benzene rings is 1. The van der Waals surface area contributed by atoms with Gasteiger partial charge >= 0.3 is 0 Å². The topological polar surface area (TPSA) is 46.0 Å². The molecule has 19 heavy (non-hydrogen) atoms. The van der Waals surface area contributed by atoms with E-state index in [0.717, 1.165) is 15.7 Å². The van der Waals surface area contributed by atoms with E-state index in [1.165, 1.54) is 5.56 Å². The van der Waals surface area contributed by atoms with Crippen molar-refractivity contribution < 1.29 is 5.11 Å². The minimum Gasteiger partial charge on any atom is -0.395 e. The Bertz CT molecular complexity index is 596. The van der Waals surface area contributed by atoms with Gasteiger partial charge in [-0.3, -0.25) is 0 Å². The number of rotatable bonds is 3. The van der Waals surface area contributed by atoms with Gasteiger partial charge in [-0.1, -0.05) is 41.9 Å². The maximum atomic E-state index is 9.40. The number of aliphatic hydroxyl groups excluding tert-OH is 1. The fourth-order valence-corrected chi connectivity index (χ4v) is 2.05. The molecule has 0 atom stereocenters. The van der Waals surface area contributed by atoms with E-state index < -0.39 is 5.41 Å². The van der Waals surface area contributed by atoms with Crippen molar-refractivity contribution >= 4 is 15.9 Å². The van der Waals surface area contributed by atoms with Crippen LogP contribution in [0.2, 0.25) is 0 Å². The third-order valence-corrected chi connectivity index (χ3v) is 3.98. The summed E-state index contributed by atoms with van der Waals surface area (Å²) < 4.78 is 1.06. The Kier molecular flexibility index (Phi) is 4.02. The predicted octanol–water partition coefficient (Wildman–Crippen LogP) is 3.48. The van der Waals surface area contributed by atoms with Crippen molar-refractivity contribution in [3.05, 3.63) is 46.3 Å². The molecule has 2 rings (SSSR count). The van der Waals surface area contributed by atoms with E-state index in [1.807, 2.05) is 39.0 Å². The van der Waals surface area contributed by atoms with Crippen molar-refractivity contribution in [2.24, 2.45) is 0 Å². The van der Waals surface area contributed by atoms with Crippen LogP contribution in [0, 0.1) is 6.92 Å². The largest absolute Gasteiger partial charge is 0.395 e. The minimum atomic E-state index is -0.433. The third-order valence-electron chi connectivity index (χ3n) is 3.12. The van der Waals surface area contributed by atoms with Gasteiger partial charge in [0.25, 0.3) is 0 Å². The summed E-state index contributed by atoms with van der Waals surface area (Å²) in [4.78, 5) is 8.83. The predicted molar refractivity (Wildman–Crippen MR) is 80.0 cm³/mol. The monoisotopic (exact) mass is 320 g/mol. The summed E-state index contributed by atoms with van der Waals surface area (Å²) in [5.41, 5.74) is 2.66. The van der Waals surface area contributed by atoms with Crippen LogP contribution in [0.1, 0.15) is 25.2 Å². The average Bonchev–Trinajstić information content (AvgIpc) is 2.42. The Hall–Kier alpha value is -1.26. The Morgan fingerprint density at radius 3 is 2.63 bits per heavy atom. The lowest BCUT2D eigenvalue weighted by molar-refractivity contribution is 0.212. The Morgan fingerprint density at radius 2 is 2.00 bits per heavy atom. The van der Waals surface area contributed by atoms with Gasteiger partial charge in [0.2, 0.25) is 0 Å². The van der Waals surface area contributed by atoms with Crippen LogP contribution in [0.4, 0.5) is 0 Å². The summed E-state index contributed by atoms with van der Waals surface area (Å²) in [5.74, 6) is 0.657. The lowest BCUT2D eigenvalue weighted by Crippen LogP contribution is -2.25. The molecule has 0 unspecified atom stereocenters. The van der Waals surface area contributed by atoms with Crippen molar-refractivity contribution in [3.8, 4) is 11.3 Å². The fourth-order valence-electron chi connectivity index (χ4n) is 1.67. The third kappa shape index (κ3) is 3.01. The van der Waals surface area contributed by atoms with Crippen LogP contribution < -0.4 is 0 Å². The molecule has 0 bridgehead atoms. The molecule has 0 amide bonds. The van der Waals surface area contributed by atoms with Gasteiger partial charge in [-0.15, -0.1) is 0 Å². The first-order valence-electron chi connectivity index (χ1n) is 6.15. The van der Waals surface area contributed by atoms with E-state index in [0.29, 0.717) is 5.82 Å². The number of hydrogen-bond acceptors (Lipinski definition) is 3. The standard InChI is InChI=1S/C15H17BrN2O/c1-10-4-5-11(8-12(10)16)13-6-7-17-14(18-13)15(2,3)9-19/h4-8,19H,9H2,1-3H3. The minimum absolute atomic E-state index is 0.0219. The number of halogens is 1. The molecule has 1 aromatic carbocycles. The van der Waals surface area contributed by atoms with Crippen LogP contribution in [0.15, 0.2) is 34.9 Å². The molecule has 0 spiro atoms. The molecule has 2 aromatic rings. The summed E-state index contributed by atoms with van der Waals surface area (Å²) >= 11 is 3.53. The number of aromatic nitrogens is 2. The maximum absolute atomic E-state index is 9.40. The zero-order valence-electron chi connectivity index (χ0n) is 11.3. The molecule has 1 N–H and O–H groups in total. The van der Waals surface area contributed by atoms with Crippen LogP contribution in [-0.4, -0.2) is 21.7 Å². The van der Waals surface area contributed by atoms with E-state index in [9.17, 15) is 5.11 Å². The zero-order valence-corrected chi connectivity index (χ0v) is 12.9. The Morgan fingerprint density at radius 1 is 1.26 bits per heavy atom. The van der Waals surface area contributed by atoms with Crippen molar-refractivity contribution in [3.63, 3.8) is 0 Å². The molecule has 0 saturated carbocycles. The van der Waals surface area contributed by atoms with E-state index >= 15 is 0 Å². The van der Waals surface area contributed by atoms with Gasteiger partial charge in [0.15, 0.2) is 0 Å². The summed E-state index contributed by atoms with van der Waals surface area (Å²) in [7, 11) is 0. The maximum Gasteiger partial charge on any atom is 0.136 e. The normalized spacial score (nSPS) is 11.6. The van der Waals surface area contributed by atoms with Crippen LogP contribution >= 0.6 is 15.9 Å². The molecule has 4 heteroatoms. The Labute approximate surface area is 121 Å². The van der Waals surface area contributed by atoms with Gasteiger partial charge in [-0.25, -0.2) is 9.97 Å². The first kappa shape index (κ1) is 14.2. The smallest absolute Gasteiger partial charge is 0.136 e. The highest BCUT2D eigenvalue weighted by Gasteiger charge is 2.23. The number of aryl methyl sites for hydroxylation is 1. The molecule has 0 radical (unpaired) electrons. The summed E-state index contributed by atoms with van der Waals surface area (Å²) in [6.45, 7) is 5.93. The van der Waals surface area contributed by atoms with E-state index in [2.05, 4.69) is 32.0 Å². The van der Waals surface area contributed by atoms with Gasteiger partial charge in [-0.05, 0) is 24.6 Å². The SMILES string of the molecule is Cc1ccc(-c2ccnc(C(C)(C)CO)n2)cc1Br. The average molecular weight is 321 g/mol. The molecule has 1 heterocycles. The highest BCUT2D eigenvalue weighted by Crippen LogP contribution is 2.26. The molecular weight excluding hydrogens is 304 g/mol. The van der Waals surface area contributed by atoms with Crippen LogP contribution in [0.25, 0.3) is 11.3 Å². The van der Waals surface area contributed by atoms with Gasteiger partial charge < -0.3 is 5.11 Å². The Balaban J connectivity index is 2.46. The molecule has 0 saturated heterocycles. The molecule has 1 aromatic heterocycles. The summed E-state index contributed by atoms with van der Waals surface area (Å²) in [6, 6.07) is 8.03. The highest BCUT2D eigenvalue weighted by atomic mass is 79.9. The van der Waals surface area contributed by atoms with Crippen molar-refractivity contribution in [2.45, 2.75) is 26.2 Å². The molecule has 100 valence electrons. The van der Waals surface area contributed by atoms with Crippen LogP contribution in [0.3, 0.4) is 0 Å². The van der Waals surface area contributed by atoms with Crippen molar-refractivity contribution in [1.29, 1.82) is 0 Å². The lowest BCUT2D eigenvalue weighted by Gasteiger charge is -2.20. The van der Waals surface area contributed by atoms with Gasteiger partial charge in [-0.2, -0.15) is 0 Å². The van der Waals surface area contributed by atoms with E-state index in [1.54, 1.807) is 6.20 Å². The van der Waals surface area contributed by atoms with Crippen molar-refractivity contribution in [2.75, 3.05) is 6.61 Å². The lowest BCUT2D eigenvalue weighted by atomic mass is 9.93. The molecule has 0 aliphatic carbocycles. The molecular formula is C15H17BrN2O. The first-order chi connectivity index (χ1) is 8.94. The second-order valence-corrected chi connectivity index (χ2v) is 6.13. The summed E-state index contributed by atoms with van der Waals surface area (Å²) in [6.07, 6.45) is 1.74. The number of nitrogens with zero attached hydrogens (tertiary/aromatic N) is 2. The fraction of sp³-hybridized carbons (Fsp3) is 0.333. The number of hydrogen-bond donors (Lipinski definition) is 1. The van der Waals surface area contributed by atoms with Gasteiger partial charge in [0.05, 0.1) is 12.3 Å². The summed E-state index contributed by atoms with van der Waals surface area (Å²) in [5, 5.41) is 9.40. The van der Waals surface area contributed by atoms with Crippen molar-refractivity contribution in [1.82, 2.24) is 9.97 Å². The second kappa shape index (κ2) is 5.39. The molecule has 0 aliphatic rings. The number of aliphatic hydroxyl groups is 1. The highest BCUT2D eigenvalue weighted by molar-refractivity contribution is 9.10. The zero-order chi connectivity index (χ0) is 14.0. The second-order valence-electron chi connectivity index (χ2n) is 5.27.